The molecule has 3 rings (SSSR count). The molecule has 8 heteroatoms. The van der Waals surface area contributed by atoms with Crippen molar-refractivity contribution >= 4 is 28.0 Å². The highest BCUT2D eigenvalue weighted by Crippen LogP contribution is 2.50. The van der Waals surface area contributed by atoms with E-state index in [0.29, 0.717) is 11.1 Å². The Morgan fingerprint density at radius 3 is 2.00 bits per heavy atom. The van der Waals surface area contributed by atoms with Gasteiger partial charge >= 0.3 is 12.1 Å². The van der Waals surface area contributed by atoms with Crippen LogP contribution in [0.25, 0.3) is 0 Å². The molecule has 1 saturated heterocycles. The molecule has 0 aliphatic carbocycles. The van der Waals surface area contributed by atoms with E-state index in [2.05, 4.69) is 15.9 Å². The lowest BCUT2D eigenvalue weighted by atomic mass is 9.68. The predicted molar refractivity (Wildman–Crippen MR) is 130 cm³/mol. The zero-order chi connectivity index (χ0) is 25.5. The number of esters is 1. The quantitative estimate of drug-likeness (QED) is 0.523. The van der Waals surface area contributed by atoms with E-state index in [0.717, 1.165) is 9.37 Å². The van der Waals surface area contributed by atoms with E-state index < -0.39 is 46.6 Å². The summed E-state index contributed by atoms with van der Waals surface area (Å²) in [7, 11) is 0. The van der Waals surface area contributed by atoms with Gasteiger partial charge in [-0.25, -0.2) is 9.18 Å². The summed E-state index contributed by atoms with van der Waals surface area (Å²) in [6.07, 6.45) is -2.37. The first-order chi connectivity index (χ1) is 15.6. The number of nitrogens with zero attached hydrogens (tertiary/aromatic N) is 1. The van der Waals surface area contributed by atoms with Crippen LogP contribution >= 0.6 is 15.9 Å². The molecular formula is C26H31BrFNO5. The van der Waals surface area contributed by atoms with Crippen molar-refractivity contribution in [2.45, 2.75) is 70.3 Å². The summed E-state index contributed by atoms with van der Waals surface area (Å²) >= 11 is 3.42. The van der Waals surface area contributed by atoms with Gasteiger partial charge in [0.25, 0.3) is 0 Å². The van der Waals surface area contributed by atoms with Crippen molar-refractivity contribution in [1.82, 2.24) is 4.90 Å². The Bertz CT molecular complexity index is 1040. The van der Waals surface area contributed by atoms with Crippen molar-refractivity contribution in [3.8, 4) is 0 Å². The molecule has 0 spiro atoms. The Morgan fingerprint density at radius 2 is 1.50 bits per heavy atom. The zero-order valence-electron chi connectivity index (χ0n) is 20.3. The standard InChI is InChI=1S/C26H31BrFNO5/c1-24(2,3)33-22(31)26(17-9-13-19(28)14-10-17)20(16-7-11-18(27)12-8-16)15-29(21(26)30)23(32)34-25(4,5)6/h7-14,20-21,30H,15H2,1-6H3/t20-,21?,26-/m0/s1. The van der Waals surface area contributed by atoms with Crippen LogP contribution in [0.5, 0.6) is 0 Å². The second kappa shape index (κ2) is 9.30. The van der Waals surface area contributed by atoms with Gasteiger partial charge in [-0.05, 0) is 76.9 Å². The van der Waals surface area contributed by atoms with Crippen LogP contribution < -0.4 is 0 Å². The van der Waals surface area contributed by atoms with Crippen molar-refractivity contribution in [3.05, 3.63) is 69.9 Å². The van der Waals surface area contributed by atoms with Crippen LogP contribution in [-0.4, -0.2) is 46.0 Å². The second-order valence-electron chi connectivity index (χ2n) is 10.5. The molecule has 34 heavy (non-hydrogen) atoms. The average Bonchev–Trinajstić information content (AvgIpc) is 3.01. The molecule has 3 atom stereocenters. The number of aliphatic hydroxyl groups excluding tert-OH is 1. The highest BCUT2D eigenvalue weighted by atomic mass is 79.9. The molecule has 1 N–H and O–H groups in total. The molecule has 6 nitrogen and oxygen atoms in total. The number of aliphatic hydroxyl groups is 1. The largest absolute Gasteiger partial charge is 0.459 e. The van der Waals surface area contributed by atoms with E-state index in [-0.39, 0.29) is 6.54 Å². The third kappa shape index (κ3) is 5.28. The van der Waals surface area contributed by atoms with Gasteiger partial charge in [-0.1, -0.05) is 40.2 Å². The number of hydrogen-bond acceptors (Lipinski definition) is 5. The molecule has 1 aliphatic heterocycles. The van der Waals surface area contributed by atoms with Gasteiger partial charge in [0.05, 0.1) is 0 Å². The van der Waals surface area contributed by atoms with Crippen LogP contribution in [-0.2, 0) is 19.7 Å². The molecule has 0 aromatic heterocycles. The minimum atomic E-state index is -1.72. The number of amides is 1. The first-order valence-corrected chi connectivity index (χ1v) is 11.9. The van der Waals surface area contributed by atoms with Crippen molar-refractivity contribution in [1.29, 1.82) is 0 Å². The lowest BCUT2D eigenvalue weighted by molar-refractivity contribution is -0.169. The van der Waals surface area contributed by atoms with E-state index >= 15 is 0 Å². The van der Waals surface area contributed by atoms with Crippen LogP contribution in [0.1, 0.15) is 58.6 Å². The van der Waals surface area contributed by atoms with Gasteiger partial charge in [0.1, 0.15) is 22.4 Å². The van der Waals surface area contributed by atoms with Crippen molar-refractivity contribution in [3.63, 3.8) is 0 Å². The smallest absolute Gasteiger partial charge is 0.412 e. The van der Waals surface area contributed by atoms with E-state index in [1.54, 1.807) is 41.5 Å². The van der Waals surface area contributed by atoms with Gasteiger partial charge in [-0.3, -0.25) is 9.69 Å². The van der Waals surface area contributed by atoms with E-state index in [1.807, 2.05) is 24.3 Å². The predicted octanol–water partition coefficient (Wildman–Crippen LogP) is 5.52. The summed E-state index contributed by atoms with van der Waals surface area (Å²) in [6, 6.07) is 12.6. The van der Waals surface area contributed by atoms with Crippen LogP contribution in [0, 0.1) is 5.82 Å². The molecule has 0 saturated carbocycles. The highest BCUT2D eigenvalue weighted by molar-refractivity contribution is 9.10. The molecule has 1 amide bonds. The lowest BCUT2D eigenvalue weighted by Gasteiger charge is -2.38. The Morgan fingerprint density at radius 1 is 0.971 bits per heavy atom. The minimum Gasteiger partial charge on any atom is -0.459 e. The summed E-state index contributed by atoms with van der Waals surface area (Å²) in [5.41, 5.74) is -2.34. The minimum absolute atomic E-state index is 0.00562. The topological polar surface area (TPSA) is 76.1 Å². The number of carbonyl (C=O) groups is 2. The summed E-state index contributed by atoms with van der Waals surface area (Å²) < 4.78 is 26.0. The lowest BCUT2D eigenvalue weighted by Crippen LogP contribution is -2.53. The van der Waals surface area contributed by atoms with Gasteiger partial charge in [-0.15, -0.1) is 0 Å². The zero-order valence-corrected chi connectivity index (χ0v) is 21.8. The van der Waals surface area contributed by atoms with Crippen molar-refractivity contribution in [2.75, 3.05) is 6.54 Å². The van der Waals surface area contributed by atoms with Crippen molar-refractivity contribution < 1.29 is 28.6 Å². The number of ether oxygens (including phenoxy) is 2. The van der Waals surface area contributed by atoms with Crippen LogP contribution in [0.3, 0.4) is 0 Å². The molecule has 2 aromatic rings. The maximum absolute atomic E-state index is 13.9. The molecule has 184 valence electrons. The first-order valence-electron chi connectivity index (χ1n) is 11.1. The molecule has 2 aromatic carbocycles. The molecule has 0 bridgehead atoms. The molecule has 1 heterocycles. The molecule has 1 unspecified atom stereocenters. The Kier molecular flexibility index (Phi) is 7.16. The van der Waals surface area contributed by atoms with Gasteiger partial charge in [0, 0.05) is 16.9 Å². The summed E-state index contributed by atoms with van der Waals surface area (Å²) in [5.74, 6) is -1.89. The van der Waals surface area contributed by atoms with Gasteiger partial charge in [0.2, 0.25) is 0 Å². The molecule has 0 radical (unpaired) electrons. The fourth-order valence-electron chi connectivity index (χ4n) is 4.23. The number of benzene rings is 2. The fourth-order valence-corrected chi connectivity index (χ4v) is 4.49. The normalized spacial score (nSPS) is 23.0. The molecular weight excluding hydrogens is 505 g/mol. The third-order valence-electron chi connectivity index (χ3n) is 5.59. The van der Waals surface area contributed by atoms with Crippen LogP contribution in [0.2, 0.25) is 0 Å². The Balaban J connectivity index is 2.25. The number of carbonyl (C=O) groups excluding carboxylic acids is 2. The van der Waals surface area contributed by atoms with E-state index in [4.69, 9.17) is 9.47 Å². The van der Waals surface area contributed by atoms with Crippen LogP contribution in [0.15, 0.2) is 53.0 Å². The SMILES string of the molecule is CC(C)(C)OC(=O)N1C[C@@H](c2ccc(Br)cc2)[C@@](C(=O)OC(C)(C)C)(c2ccc(F)cc2)C1O. The summed E-state index contributed by atoms with van der Waals surface area (Å²) in [6.45, 7) is 10.3. The van der Waals surface area contributed by atoms with E-state index in [1.165, 1.54) is 24.3 Å². The number of likely N-dealkylation sites (tertiary alicyclic amines) is 1. The van der Waals surface area contributed by atoms with Crippen LogP contribution in [0.4, 0.5) is 9.18 Å². The number of hydrogen-bond donors (Lipinski definition) is 1. The van der Waals surface area contributed by atoms with E-state index in [9.17, 15) is 19.1 Å². The maximum Gasteiger partial charge on any atom is 0.412 e. The third-order valence-corrected chi connectivity index (χ3v) is 6.12. The summed E-state index contributed by atoms with van der Waals surface area (Å²) in [4.78, 5) is 28.2. The summed E-state index contributed by atoms with van der Waals surface area (Å²) in [5, 5.41) is 11.7. The number of rotatable bonds is 3. The van der Waals surface area contributed by atoms with Gasteiger partial charge in [-0.2, -0.15) is 0 Å². The molecule has 1 aliphatic rings. The molecule has 1 fully saturated rings. The van der Waals surface area contributed by atoms with Gasteiger partial charge < -0.3 is 14.6 Å². The van der Waals surface area contributed by atoms with Gasteiger partial charge in [0.15, 0.2) is 6.23 Å². The number of halogens is 2. The van der Waals surface area contributed by atoms with Crippen molar-refractivity contribution in [2.24, 2.45) is 0 Å². The fraction of sp³-hybridized carbons (Fsp3) is 0.462. The second-order valence-corrected chi connectivity index (χ2v) is 11.4. The Hall–Kier alpha value is -2.45. The maximum atomic E-state index is 13.9. The monoisotopic (exact) mass is 535 g/mol. The first kappa shape index (κ1) is 26.2. The average molecular weight is 536 g/mol. The highest BCUT2D eigenvalue weighted by Gasteiger charge is 2.63. The Labute approximate surface area is 208 Å².